The number of aryl methyl sites for hydroxylation is 1. The third-order valence-corrected chi connectivity index (χ3v) is 14.7. The predicted octanol–water partition coefficient (Wildman–Crippen LogP) is 4.77. The SMILES string of the molecule is Cc1ccc(COC(=O)NC(C)(C)C(=O)NC[C@@H](NC(=O)N[C@H](C(=O)N2C[C@]3(C[C@H]2C(=O)NC(CC2CCC2)C(=O)C(N)=O)C(C)(C)C32CCC2)C(C)(C)C)C(C)(C)C)cc1. The summed E-state index contributed by atoms with van der Waals surface area (Å²) in [5, 5.41) is 14.2. The molecule has 1 saturated heterocycles. The molecule has 15 nitrogen and oxygen atoms in total. The van der Waals surface area contributed by atoms with Crippen molar-refractivity contribution < 1.29 is 38.3 Å². The third kappa shape index (κ3) is 9.70. The summed E-state index contributed by atoms with van der Waals surface area (Å²) in [6, 6.07) is 3.22. The highest BCUT2D eigenvalue weighted by molar-refractivity contribution is 6.37. The molecule has 0 bridgehead atoms. The summed E-state index contributed by atoms with van der Waals surface area (Å²) in [7, 11) is 0. The molecule has 338 valence electrons. The van der Waals surface area contributed by atoms with Crippen molar-refractivity contribution in [1.82, 2.24) is 31.5 Å². The van der Waals surface area contributed by atoms with Crippen LogP contribution in [0.4, 0.5) is 9.59 Å². The van der Waals surface area contributed by atoms with Gasteiger partial charge in [-0.3, -0.25) is 24.0 Å². The number of nitrogens with zero attached hydrogens (tertiary/aromatic N) is 1. The first kappa shape index (κ1) is 47.4. The number of carbonyl (C=O) groups is 7. The summed E-state index contributed by atoms with van der Waals surface area (Å²) in [5.74, 6) is -3.18. The highest BCUT2D eigenvalue weighted by Gasteiger charge is 2.85. The molecule has 1 aliphatic heterocycles. The van der Waals surface area contributed by atoms with Crippen molar-refractivity contribution in [2.45, 2.75) is 164 Å². The topological polar surface area (TPSA) is 218 Å². The van der Waals surface area contributed by atoms with E-state index in [-0.39, 0.29) is 35.3 Å². The van der Waals surface area contributed by atoms with Crippen molar-refractivity contribution in [3.8, 4) is 0 Å². The lowest BCUT2D eigenvalue weighted by Crippen LogP contribution is -2.62. The van der Waals surface area contributed by atoms with Crippen molar-refractivity contribution in [2.75, 3.05) is 13.1 Å². The first-order valence-corrected chi connectivity index (χ1v) is 22.0. The number of urea groups is 1. The van der Waals surface area contributed by atoms with E-state index in [1.54, 1.807) is 18.7 Å². The minimum absolute atomic E-state index is 0.00745. The van der Waals surface area contributed by atoms with Crippen molar-refractivity contribution in [1.29, 1.82) is 0 Å². The Labute approximate surface area is 361 Å². The van der Waals surface area contributed by atoms with E-state index in [1.807, 2.05) is 72.7 Å². The Balaban J connectivity index is 1.28. The highest BCUT2D eigenvalue weighted by atomic mass is 16.5. The van der Waals surface area contributed by atoms with Crippen LogP contribution in [0.2, 0.25) is 0 Å². The molecule has 5 atom stereocenters. The molecule has 1 heterocycles. The van der Waals surface area contributed by atoms with Gasteiger partial charge in [-0.25, -0.2) is 9.59 Å². The van der Waals surface area contributed by atoms with Crippen molar-refractivity contribution in [3.63, 3.8) is 0 Å². The van der Waals surface area contributed by atoms with Crippen molar-refractivity contribution in [3.05, 3.63) is 35.4 Å². The van der Waals surface area contributed by atoms with Gasteiger partial charge in [-0.1, -0.05) is 111 Å². The molecule has 0 radical (unpaired) electrons. The second kappa shape index (κ2) is 17.2. The van der Waals surface area contributed by atoms with Crippen LogP contribution in [0.15, 0.2) is 24.3 Å². The number of amides is 7. The zero-order valence-corrected chi connectivity index (χ0v) is 38.3. The van der Waals surface area contributed by atoms with E-state index in [4.69, 9.17) is 10.5 Å². The normalized spacial score (nSPS) is 23.1. The Morgan fingerprint density at radius 1 is 0.852 bits per heavy atom. The largest absolute Gasteiger partial charge is 0.445 e. The lowest BCUT2D eigenvalue weighted by atomic mass is 9.73. The number of alkyl carbamates (subject to hydrolysis) is 1. The van der Waals surface area contributed by atoms with Crippen LogP contribution in [0.1, 0.15) is 132 Å². The first-order chi connectivity index (χ1) is 28.2. The Hall–Kier alpha value is -4.69. The number of carbonyl (C=O) groups excluding carboxylic acids is 7. The molecule has 1 aromatic carbocycles. The summed E-state index contributed by atoms with van der Waals surface area (Å²) in [6.45, 7) is 21.1. The molecule has 1 unspecified atom stereocenters. The fourth-order valence-electron chi connectivity index (χ4n) is 10.1. The number of hydrogen-bond donors (Lipinski definition) is 6. The predicted molar refractivity (Wildman–Crippen MR) is 230 cm³/mol. The summed E-state index contributed by atoms with van der Waals surface area (Å²) < 4.78 is 5.35. The maximum Gasteiger partial charge on any atom is 0.408 e. The van der Waals surface area contributed by atoms with Crippen LogP contribution in [0, 0.1) is 39.9 Å². The van der Waals surface area contributed by atoms with E-state index in [9.17, 15) is 33.6 Å². The van der Waals surface area contributed by atoms with Crippen LogP contribution in [-0.4, -0.2) is 89.2 Å². The second-order valence-corrected chi connectivity index (χ2v) is 21.5. The zero-order valence-electron chi connectivity index (χ0n) is 38.3. The smallest absolute Gasteiger partial charge is 0.408 e. The second-order valence-electron chi connectivity index (χ2n) is 21.5. The molecule has 5 rings (SSSR count). The third-order valence-electron chi connectivity index (χ3n) is 14.7. The number of ether oxygens (including phenoxy) is 1. The van der Waals surface area contributed by atoms with Crippen LogP contribution in [0.5, 0.6) is 0 Å². The van der Waals surface area contributed by atoms with Gasteiger partial charge in [-0.05, 0) is 79.6 Å². The van der Waals surface area contributed by atoms with Gasteiger partial charge >= 0.3 is 12.1 Å². The summed E-state index contributed by atoms with van der Waals surface area (Å²) in [4.78, 5) is 96.0. The van der Waals surface area contributed by atoms with Gasteiger partial charge < -0.3 is 42.0 Å². The van der Waals surface area contributed by atoms with Gasteiger partial charge in [-0.2, -0.15) is 0 Å². The average molecular weight is 850 g/mol. The van der Waals surface area contributed by atoms with Crippen LogP contribution >= 0.6 is 0 Å². The van der Waals surface area contributed by atoms with E-state index in [2.05, 4.69) is 40.4 Å². The van der Waals surface area contributed by atoms with Crippen molar-refractivity contribution >= 4 is 41.5 Å². The van der Waals surface area contributed by atoms with E-state index in [1.165, 1.54) is 0 Å². The number of nitrogens with two attached hydrogens (primary N) is 1. The number of rotatable bonds is 15. The van der Waals surface area contributed by atoms with Crippen LogP contribution in [0.3, 0.4) is 0 Å². The number of ketones is 1. The molecule has 0 aromatic heterocycles. The Morgan fingerprint density at radius 2 is 1.48 bits per heavy atom. The monoisotopic (exact) mass is 850 g/mol. The van der Waals surface area contributed by atoms with Crippen LogP contribution in [-0.2, 0) is 35.3 Å². The molecule has 7 N–H and O–H groups in total. The molecule has 4 fully saturated rings. The summed E-state index contributed by atoms with van der Waals surface area (Å²) in [5.41, 5.74) is 4.12. The Morgan fingerprint density at radius 3 is 1.97 bits per heavy atom. The molecular formula is C46H71N7O8. The minimum atomic E-state index is -1.35. The van der Waals surface area contributed by atoms with Gasteiger partial charge in [0.05, 0.1) is 12.1 Å². The van der Waals surface area contributed by atoms with Gasteiger partial charge in [0.15, 0.2) is 0 Å². The summed E-state index contributed by atoms with van der Waals surface area (Å²) >= 11 is 0. The number of likely N-dealkylation sites (tertiary alicyclic amines) is 1. The van der Waals surface area contributed by atoms with Crippen LogP contribution < -0.4 is 32.3 Å². The Kier molecular flexibility index (Phi) is 13.4. The Bertz CT molecular complexity index is 1870. The molecule has 61 heavy (non-hydrogen) atoms. The number of primary amides is 1. The zero-order chi connectivity index (χ0) is 45.5. The minimum Gasteiger partial charge on any atom is -0.445 e. The molecule has 3 aliphatic carbocycles. The van der Waals surface area contributed by atoms with Crippen molar-refractivity contribution in [2.24, 2.45) is 38.7 Å². The number of hydrogen-bond acceptors (Lipinski definition) is 8. The molecule has 15 heteroatoms. The van der Waals surface area contributed by atoms with Gasteiger partial charge in [-0.15, -0.1) is 0 Å². The maximum atomic E-state index is 14.9. The fraction of sp³-hybridized carbons (Fsp3) is 0.717. The van der Waals surface area contributed by atoms with Crippen LogP contribution in [0.25, 0.3) is 0 Å². The lowest BCUT2D eigenvalue weighted by molar-refractivity contribution is -0.143. The average Bonchev–Trinajstić information content (AvgIpc) is 3.33. The van der Waals surface area contributed by atoms with E-state index < -0.39 is 82.1 Å². The molecule has 7 amide bonds. The number of nitrogens with one attached hydrogen (secondary N) is 5. The van der Waals surface area contributed by atoms with Gasteiger partial charge in [0.1, 0.15) is 24.2 Å². The molecule has 1 aromatic rings. The maximum absolute atomic E-state index is 14.9. The standard InChI is InChI=1S/C46H71N7O8/c1-27-16-18-29(19-17-27)25-61-40(60)52-43(8,9)38(58)48-24-32(41(2,3)4)50-39(59)51-34(42(5,6)7)37(57)53-26-46(44(10,11)45(46)20-13-21-45)23-31(53)36(56)49-30(33(54)35(47)55)22-28-14-12-15-28/h16-19,28,30-32,34H,12-15,20-26H2,1-11H3,(H2,47,55)(H,48,58)(H,49,56)(H,52,60)(H2,50,51,59)/t30?,31-,32+,34+,46+/m0/s1. The van der Waals surface area contributed by atoms with Gasteiger partial charge in [0, 0.05) is 18.5 Å². The van der Waals surface area contributed by atoms with E-state index in [0.29, 0.717) is 19.4 Å². The molecule has 2 spiro atoms. The number of Topliss-reactive ketones (excluding diaryl/α,β-unsaturated/α-hetero) is 1. The van der Waals surface area contributed by atoms with E-state index in [0.717, 1.165) is 49.7 Å². The molecular weight excluding hydrogens is 779 g/mol. The number of benzene rings is 1. The van der Waals surface area contributed by atoms with Gasteiger partial charge in [0.2, 0.25) is 23.5 Å². The van der Waals surface area contributed by atoms with Gasteiger partial charge in [0.25, 0.3) is 5.91 Å². The highest BCUT2D eigenvalue weighted by Crippen LogP contribution is 2.88. The quantitative estimate of drug-likeness (QED) is 0.135. The first-order valence-electron chi connectivity index (χ1n) is 22.0. The molecule has 4 aliphatic rings. The van der Waals surface area contributed by atoms with E-state index >= 15 is 0 Å². The fourth-order valence-corrected chi connectivity index (χ4v) is 10.1. The summed E-state index contributed by atoms with van der Waals surface area (Å²) in [6.07, 6.45) is 5.85. The lowest BCUT2D eigenvalue weighted by Gasteiger charge is -2.37. The number of fused-ring (bicyclic) bond motifs is 1. The molecule has 3 saturated carbocycles.